The fourth-order valence-electron chi connectivity index (χ4n) is 7.22. The first-order valence-corrected chi connectivity index (χ1v) is 19.7. The first-order chi connectivity index (χ1) is 23.9. The van der Waals surface area contributed by atoms with Crippen molar-refractivity contribution in [3.8, 4) is 0 Å². The van der Waals surface area contributed by atoms with Gasteiger partial charge in [0.2, 0.25) is 11.8 Å². The zero-order valence-electron chi connectivity index (χ0n) is 28.5. The molecule has 4 aromatic rings. The Kier molecular flexibility index (Phi) is 11.8. The van der Waals surface area contributed by atoms with Crippen LogP contribution >= 0.6 is 23.5 Å². The molecule has 0 radical (unpaired) electrons. The van der Waals surface area contributed by atoms with Gasteiger partial charge in [-0.2, -0.15) is 0 Å². The van der Waals surface area contributed by atoms with Crippen LogP contribution in [0.1, 0.15) is 71.6 Å². The molecule has 2 aliphatic rings. The molecule has 260 valence electrons. The number of likely N-dealkylation sites (tertiary alicyclic amines) is 2. The molecule has 2 fully saturated rings. The van der Waals surface area contributed by atoms with Crippen LogP contribution in [0.4, 0.5) is 0 Å². The van der Waals surface area contributed by atoms with Crippen molar-refractivity contribution in [3.63, 3.8) is 0 Å². The molecule has 2 atom stereocenters. The lowest BCUT2D eigenvalue weighted by Gasteiger charge is -2.35. The molecule has 2 saturated heterocycles. The van der Waals surface area contributed by atoms with Gasteiger partial charge in [0.25, 0.3) is 11.1 Å². The van der Waals surface area contributed by atoms with Crippen LogP contribution in [0.3, 0.4) is 0 Å². The first kappa shape index (κ1) is 35.2. The highest BCUT2D eigenvalue weighted by Crippen LogP contribution is 2.25. The van der Waals surface area contributed by atoms with E-state index in [0.29, 0.717) is 51.6 Å². The number of rotatable bonds is 12. The summed E-state index contributed by atoms with van der Waals surface area (Å²) in [4.78, 5) is 68.0. The molecular weight excluding hydrogens is 657 g/mol. The molecule has 0 N–H and O–H groups in total. The van der Waals surface area contributed by atoms with Gasteiger partial charge in [0.15, 0.2) is 10.3 Å². The summed E-state index contributed by atoms with van der Waals surface area (Å²) in [5.41, 5.74) is 0.864. The van der Waals surface area contributed by atoms with E-state index in [0.717, 1.165) is 64.5 Å². The molecule has 0 bridgehead atoms. The van der Waals surface area contributed by atoms with Gasteiger partial charge in [-0.25, -0.2) is 9.97 Å². The average molecular weight is 703 g/mol. The quantitative estimate of drug-likeness (QED) is 0.131. The zero-order valence-corrected chi connectivity index (χ0v) is 30.1. The minimum atomic E-state index is -0.166. The summed E-state index contributed by atoms with van der Waals surface area (Å²) in [6, 6.07) is 15.1. The predicted molar refractivity (Wildman–Crippen MR) is 197 cm³/mol. The molecule has 4 heterocycles. The molecule has 10 nitrogen and oxygen atoms in total. The van der Waals surface area contributed by atoms with Crippen molar-refractivity contribution in [2.24, 2.45) is 0 Å². The van der Waals surface area contributed by atoms with E-state index >= 15 is 0 Å². The Morgan fingerprint density at radius 3 is 1.53 bits per heavy atom. The van der Waals surface area contributed by atoms with E-state index in [1.54, 1.807) is 21.3 Å². The van der Waals surface area contributed by atoms with Crippen molar-refractivity contribution in [2.45, 2.75) is 107 Å². The van der Waals surface area contributed by atoms with Crippen LogP contribution in [0.15, 0.2) is 68.4 Å². The van der Waals surface area contributed by atoms with Gasteiger partial charge in [-0.1, -0.05) is 61.6 Å². The van der Waals surface area contributed by atoms with Crippen molar-refractivity contribution in [1.29, 1.82) is 0 Å². The van der Waals surface area contributed by atoms with Crippen molar-refractivity contribution < 1.29 is 9.59 Å². The van der Waals surface area contributed by atoms with E-state index in [2.05, 4.69) is 13.8 Å². The molecule has 12 heteroatoms. The van der Waals surface area contributed by atoms with E-state index in [-0.39, 0.29) is 46.5 Å². The Morgan fingerprint density at radius 2 is 1.10 bits per heavy atom. The number of amides is 2. The number of hydrogen-bond donors (Lipinski definition) is 0. The maximum atomic E-state index is 13.8. The van der Waals surface area contributed by atoms with Gasteiger partial charge in [-0.05, 0) is 82.1 Å². The van der Waals surface area contributed by atoms with Crippen LogP contribution in [-0.2, 0) is 22.7 Å². The summed E-state index contributed by atoms with van der Waals surface area (Å²) < 4.78 is 3.29. The maximum absolute atomic E-state index is 13.8. The first-order valence-electron chi connectivity index (χ1n) is 17.7. The molecule has 0 saturated carbocycles. The standard InChI is InChI=1S/C37H46N6O4S2/c1-3-26-14-9-11-20-40(26)32(44)24-48-36-38-30-18-7-5-16-28(30)34(46)42(36)22-13-23-43-35(47)29-17-6-8-19-31(29)39-37(43)49-25-33(45)41-21-12-10-15-27(41)4-2/h5-8,16-19,26-27H,3-4,9-15,20-25H2,1-2H3. The summed E-state index contributed by atoms with van der Waals surface area (Å²) in [7, 11) is 0. The lowest BCUT2D eigenvalue weighted by Crippen LogP contribution is -2.44. The van der Waals surface area contributed by atoms with E-state index in [9.17, 15) is 19.2 Å². The number of hydrogen-bond acceptors (Lipinski definition) is 8. The van der Waals surface area contributed by atoms with Gasteiger partial charge in [-0.15, -0.1) is 0 Å². The number of fused-ring (bicyclic) bond motifs is 2. The zero-order chi connectivity index (χ0) is 34.3. The fraction of sp³-hybridized carbons (Fsp3) is 0.514. The van der Waals surface area contributed by atoms with E-state index < -0.39 is 0 Å². The van der Waals surface area contributed by atoms with Crippen molar-refractivity contribution >= 4 is 57.1 Å². The largest absolute Gasteiger partial charge is 0.339 e. The van der Waals surface area contributed by atoms with Gasteiger partial charge in [0.1, 0.15) is 0 Å². The third-order valence-electron chi connectivity index (χ3n) is 9.90. The van der Waals surface area contributed by atoms with Crippen LogP contribution in [0.5, 0.6) is 0 Å². The van der Waals surface area contributed by atoms with Crippen LogP contribution < -0.4 is 11.1 Å². The summed E-state index contributed by atoms with van der Waals surface area (Å²) in [5.74, 6) is 0.566. The summed E-state index contributed by atoms with van der Waals surface area (Å²) in [6.07, 6.45) is 8.70. The molecule has 0 aliphatic carbocycles. The number of carbonyl (C=O) groups excluding carboxylic acids is 2. The number of nitrogens with zero attached hydrogens (tertiary/aromatic N) is 6. The Bertz CT molecular complexity index is 1790. The summed E-state index contributed by atoms with van der Waals surface area (Å²) >= 11 is 2.61. The maximum Gasteiger partial charge on any atom is 0.262 e. The van der Waals surface area contributed by atoms with Gasteiger partial charge < -0.3 is 9.80 Å². The molecule has 2 aromatic carbocycles. The van der Waals surface area contributed by atoms with Gasteiger partial charge >= 0.3 is 0 Å². The highest BCUT2D eigenvalue weighted by Gasteiger charge is 2.27. The number of piperidine rings is 2. The normalized spacial score (nSPS) is 18.3. The Balaban J connectivity index is 1.23. The highest BCUT2D eigenvalue weighted by atomic mass is 32.2. The van der Waals surface area contributed by atoms with E-state index in [4.69, 9.17) is 9.97 Å². The molecule has 6 rings (SSSR count). The average Bonchev–Trinajstić information content (AvgIpc) is 3.14. The van der Waals surface area contributed by atoms with Crippen molar-refractivity contribution in [3.05, 3.63) is 69.2 Å². The Labute approximate surface area is 295 Å². The van der Waals surface area contributed by atoms with Crippen LogP contribution in [0, 0.1) is 0 Å². The second-order valence-corrected chi connectivity index (χ2v) is 14.8. The van der Waals surface area contributed by atoms with Crippen molar-refractivity contribution in [2.75, 3.05) is 24.6 Å². The summed E-state index contributed by atoms with van der Waals surface area (Å²) in [6.45, 7) is 6.41. The number of para-hydroxylation sites is 2. The second-order valence-electron chi connectivity index (χ2n) is 13.0. The minimum Gasteiger partial charge on any atom is -0.339 e. The van der Waals surface area contributed by atoms with Gasteiger partial charge in [-0.3, -0.25) is 28.3 Å². The monoisotopic (exact) mass is 702 g/mol. The number of thioether (sulfide) groups is 2. The van der Waals surface area contributed by atoms with Gasteiger partial charge in [0.05, 0.1) is 33.3 Å². The predicted octanol–water partition coefficient (Wildman–Crippen LogP) is 5.96. The molecule has 0 spiro atoms. The molecule has 2 unspecified atom stereocenters. The third-order valence-corrected chi connectivity index (χ3v) is 11.8. The van der Waals surface area contributed by atoms with Gasteiger partial charge in [0, 0.05) is 38.3 Å². The van der Waals surface area contributed by atoms with Crippen LogP contribution in [-0.4, -0.2) is 77.4 Å². The summed E-state index contributed by atoms with van der Waals surface area (Å²) in [5, 5.41) is 2.03. The molecular formula is C37H46N6O4S2. The highest BCUT2D eigenvalue weighted by molar-refractivity contribution is 8.00. The van der Waals surface area contributed by atoms with Crippen LogP contribution in [0.25, 0.3) is 21.8 Å². The minimum absolute atomic E-state index is 0.0744. The topological polar surface area (TPSA) is 110 Å². The number of aromatic nitrogens is 4. The lowest BCUT2D eigenvalue weighted by atomic mass is 10.0. The molecule has 2 amide bonds. The number of benzene rings is 2. The fourth-order valence-corrected chi connectivity index (χ4v) is 9.04. The second kappa shape index (κ2) is 16.4. The molecule has 2 aliphatic heterocycles. The lowest BCUT2D eigenvalue weighted by molar-refractivity contribution is -0.132. The SMILES string of the molecule is CCC1CCCCN1C(=O)CSc1nc2ccccc2c(=O)n1CCCn1c(SCC(=O)N2CCCCC2CC)nc2ccccc2c1=O. The van der Waals surface area contributed by atoms with E-state index in [1.807, 2.05) is 46.2 Å². The molecule has 49 heavy (non-hydrogen) atoms. The Hall–Kier alpha value is -3.64. The smallest absolute Gasteiger partial charge is 0.262 e. The Morgan fingerprint density at radius 1 is 0.673 bits per heavy atom. The van der Waals surface area contributed by atoms with Crippen molar-refractivity contribution in [1.82, 2.24) is 28.9 Å². The van der Waals surface area contributed by atoms with Crippen LogP contribution in [0.2, 0.25) is 0 Å². The molecule has 2 aromatic heterocycles. The van der Waals surface area contributed by atoms with E-state index in [1.165, 1.54) is 23.5 Å². The number of carbonyl (C=O) groups is 2. The third kappa shape index (κ3) is 7.90.